The maximum Gasteiger partial charge on any atom is 0.129 e. The number of fused-ring (bicyclic) bond motifs is 1. The van der Waals surface area contributed by atoms with Gasteiger partial charge in [-0.3, -0.25) is 0 Å². The Morgan fingerprint density at radius 2 is 2.00 bits per heavy atom. The lowest BCUT2D eigenvalue weighted by Crippen LogP contribution is -2.07. The Labute approximate surface area is 110 Å². The first-order valence-corrected chi connectivity index (χ1v) is 7.19. The number of aryl methyl sites for hydroxylation is 1. The van der Waals surface area contributed by atoms with Crippen LogP contribution in [0.2, 0.25) is 5.15 Å². The molecule has 0 radical (unpaired) electrons. The standard InChI is InChI=1S/C14H12ClNS/c15-14-8-11(10-4-2-1-3-5-10)12-9-17-7-6-13(12)16-14/h1-5,8H,6-7,9H2. The normalized spacial score (nSPS) is 14.4. The highest BCUT2D eigenvalue weighted by atomic mass is 35.5. The van der Waals surface area contributed by atoms with Crippen LogP contribution in [0.4, 0.5) is 0 Å². The summed E-state index contributed by atoms with van der Waals surface area (Å²) in [5.41, 5.74) is 5.01. The second-order valence-corrected chi connectivity index (χ2v) is 5.58. The first-order chi connectivity index (χ1) is 8.34. The van der Waals surface area contributed by atoms with Crippen LogP contribution >= 0.6 is 23.4 Å². The average molecular weight is 262 g/mol. The van der Waals surface area contributed by atoms with Gasteiger partial charge in [0.15, 0.2) is 0 Å². The van der Waals surface area contributed by atoms with E-state index in [1.165, 1.54) is 22.4 Å². The topological polar surface area (TPSA) is 12.9 Å². The van der Waals surface area contributed by atoms with Gasteiger partial charge in [0, 0.05) is 11.4 Å². The summed E-state index contributed by atoms with van der Waals surface area (Å²) < 4.78 is 0. The highest BCUT2D eigenvalue weighted by Gasteiger charge is 2.16. The molecule has 0 atom stereocenters. The summed E-state index contributed by atoms with van der Waals surface area (Å²) in [6.45, 7) is 0. The van der Waals surface area contributed by atoms with Crippen LogP contribution in [-0.4, -0.2) is 10.7 Å². The molecule has 0 fully saturated rings. The molecule has 1 aliphatic rings. The molecule has 1 nitrogen and oxygen atoms in total. The predicted molar refractivity (Wildman–Crippen MR) is 74.5 cm³/mol. The minimum Gasteiger partial charge on any atom is -0.241 e. The number of benzene rings is 1. The van der Waals surface area contributed by atoms with Gasteiger partial charge in [0.1, 0.15) is 5.15 Å². The van der Waals surface area contributed by atoms with E-state index in [-0.39, 0.29) is 0 Å². The Hall–Kier alpha value is -0.990. The Balaban J connectivity index is 2.19. The van der Waals surface area contributed by atoms with E-state index in [0.717, 1.165) is 17.9 Å². The van der Waals surface area contributed by atoms with Crippen molar-refractivity contribution in [2.24, 2.45) is 0 Å². The van der Waals surface area contributed by atoms with Crippen LogP contribution in [0.1, 0.15) is 11.3 Å². The van der Waals surface area contributed by atoms with Gasteiger partial charge in [-0.05, 0) is 34.9 Å². The van der Waals surface area contributed by atoms with Gasteiger partial charge in [0.05, 0.1) is 0 Å². The number of halogens is 1. The molecule has 3 heteroatoms. The van der Waals surface area contributed by atoms with Gasteiger partial charge in [0.2, 0.25) is 0 Å². The predicted octanol–water partition coefficient (Wildman–Crippen LogP) is 4.19. The van der Waals surface area contributed by atoms with Crippen LogP contribution in [0.25, 0.3) is 11.1 Å². The van der Waals surface area contributed by atoms with Gasteiger partial charge in [-0.1, -0.05) is 41.9 Å². The lowest BCUT2D eigenvalue weighted by molar-refractivity contribution is 0.994. The van der Waals surface area contributed by atoms with Crippen LogP contribution in [0, 0.1) is 0 Å². The van der Waals surface area contributed by atoms with E-state index < -0.39 is 0 Å². The molecule has 17 heavy (non-hydrogen) atoms. The number of pyridine rings is 1. The summed E-state index contributed by atoms with van der Waals surface area (Å²) in [6, 6.07) is 12.4. The molecule has 86 valence electrons. The fourth-order valence-corrected chi connectivity index (χ4v) is 3.40. The highest BCUT2D eigenvalue weighted by molar-refractivity contribution is 7.98. The van der Waals surface area contributed by atoms with Gasteiger partial charge in [-0.25, -0.2) is 4.98 Å². The van der Waals surface area contributed by atoms with E-state index in [0.29, 0.717) is 5.15 Å². The van der Waals surface area contributed by atoms with Gasteiger partial charge in [0.25, 0.3) is 0 Å². The molecular weight excluding hydrogens is 250 g/mol. The molecule has 0 saturated carbocycles. The lowest BCUT2D eigenvalue weighted by atomic mass is 9.99. The maximum atomic E-state index is 6.11. The van der Waals surface area contributed by atoms with E-state index in [9.17, 15) is 0 Å². The van der Waals surface area contributed by atoms with Crippen LogP contribution < -0.4 is 0 Å². The number of aromatic nitrogens is 1. The van der Waals surface area contributed by atoms with E-state index in [4.69, 9.17) is 11.6 Å². The third-order valence-corrected chi connectivity index (χ3v) is 4.17. The second kappa shape index (κ2) is 4.71. The summed E-state index contributed by atoms with van der Waals surface area (Å²) >= 11 is 8.08. The van der Waals surface area contributed by atoms with E-state index in [1.807, 2.05) is 23.9 Å². The number of rotatable bonds is 1. The molecule has 0 aliphatic carbocycles. The van der Waals surface area contributed by atoms with E-state index in [1.54, 1.807) is 0 Å². The fourth-order valence-electron chi connectivity index (χ4n) is 2.18. The molecule has 2 aromatic rings. The minimum atomic E-state index is 0.606. The molecular formula is C14H12ClNS. The molecule has 3 rings (SSSR count). The zero-order valence-electron chi connectivity index (χ0n) is 9.32. The third kappa shape index (κ3) is 2.20. The fraction of sp³-hybridized carbons (Fsp3) is 0.214. The molecule has 1 aliphatic heterocycles. The van der Waals surface area contributed by atoms with Crippen LogP contribution in [0.5, 0.6) is 0 Å². The summed E-state index contributed by atoms with van der Waals surface area (Å²) in [5, 5.41) is 0.606. The van der Waals surface area contributed by atoms with Crippen molar-refractivity contribution in [1.82, 2.24) is 4.98 Å². The smallest absolute Gasteiger partial charge is 0.129 e. The quantitative estimate of drug-likeness (QED) is 0.714. The molecule has 0 saturated heterocycles. The molecule has 1 aromatic heterocycles. The van der Waals surface area contributed by atoms with Crippen molar-refractivity contribution in [3.8, 4) is 11.1 Å². The van der Waals surface area contributed by atoms with Crippen LogP contribution in [-0.2, 0) is 12.2 Å². The maximum absolute atomic E-state index is 6.11. The van der Waals surface area contributed by atoms with Crippen molar-refractivity contribution >= 4 is 23.4 Å². The minimum absolute atomic E-state index is 0.606. The largest absolute Gasteiger partial charge is 0.241 e. The molecule has 2 heterocycles. The van der Waals surface area contributed by atoms with Crippen molar-refractivity contribution in [3.05, 3.63) is 52.8 Å². The molecule has 0 amide bonds. The Morgan fingerprint density at radius 1 is 1.18 bits per heavy atom. The number of nitrogens with zero attached hydrogens (tertiary/aromatic N) is 1. The zero-order valence-corrected chi connectivity index (χ0v) is 10.9. The SMILES string of the molecule is Clc1cc(-c2ccccc2)c2c(n1)CCSC2. The number of thioether (sulfide) groups is 1. The number of hydrogen-bond acceptors (Lipinski definition) is 2. The monoisotopic (exact) mass is 261 g/mol. The van der Waals surface area contributed by atoms with Crippen LogP contribution in [0.15, 0.2) is 36.4 Å². The Kier molecular flexibility index (Phi) is 3.08. The molecule has 0 unspecified atom stereocenters. The van der Waals surface area contributed by atoms with Crippen molar-refractivity contribution in [2.45, 2.75) is 12.2 Å². The van der Waals surface area contributed by atoms with Crippen molar-refractivity contribution < 1.29 is 0 Å². The van der Waals surface area contributed by atoms with Crippen molar-refractivity contribution in [3.63, 3.8) is 0 Å². The van der Waals surface area contributed by atoms with Crippen molar-refractivity contribution in [2.75, 3.05) is 5.75 Å². The van der Waals surface area contributed by atoms with E-state index >= 15 is 0 Å². The average Bonchev–Trinajstić information content (AvgIpc) is 2.39. The highest BCUT2D eigenvalue weighted by Crippen LogP contribution is 2.34. The summed E-state index contributed by atoms with van der Waals surface area (Å²) in [7, 11) is 0. The van der Waals surface area contributed by atoms with Gasteiger partial charge in [-0.2, -0.15) is 11.8 Å². The van der Waals surface area contributed by atoms with Crippen molar-refractivity contribution in [1.29, 1.82) is 0 Å². The van der Waals surface area contributed by atoms with Crippen LogP contribution in [0.3, 0.4) is 0 Å². The lowest BCUT2D eigenvalue weighted by Gasteiger charge is -2.18. The molecule has 0 N–H and O–H groups in total. The van der Waals surface area contributed by atoms with Gasteiger partial charge in [-0.15, -0.1) is 0 Å². The summed E-state index contributed by atoms with van der Waals surface area (Å²) in [6.07, 6.45) is 1.03. The molecule has 1 aromatic carbocycles. The summed E-state index contributed by atoms with van der Waals surface area (Å²) in [4.78, 5) is 4.45. The first-order valence-electron chi connectivity index (χ1n) is 5.66. The number of hydrogen-bond donors (Lipinski definition) is 0. The molecule has 0 spiro atoms. The van der Waals surface area contributed by atoms with E-state index in [2.05, 4.69) is 29.2 Å². The Morgan fingerprint density at radius 3 is 2.82 bits per heavy atom. The third-order valence-electron chi connectivity index (χ3n) is 2.99. The Bertz CT molecular complexity index is 539. The zero-order chi connectivity index (χ0) is 11.7. The summed E-state index contributed by atoms with van der Waals surface area (Å²) in [5.74, 6) is 2.19. The molecule has 0 bridgehead atoms. The second-order valence-electron chi connectivity index (χ2n) is 4.09. The first kappa shape index (κ1) is 11.1. The van der Waals surface area contributed by atoms with Gasteiger partial charge >= 0.3 is 0 Å². The van der Waals surface area contributed by atoms with Gasteiger partial charge < -0.3 is 0 Å².